The Morgan fingerprint density at radius 3 is 2.64 bits per heavy atom. The molecule has 1 fully saturated rings. The molecule has 0 aliphatic carbocycles. The van der Waals surface area contributed by atoms with Crippen LogP contribution in [-0.4, -0.2) is 25.0 Å². The molecule has 1 heterocycles. The van der Waals surface area contributed by atoms with Gasteiger partial charge in [0.15, 0.2) is 0 Å². The first kappa shape index (κ1) is 11.2. The monoisotopic (exact) mass is 196 g/mol. The minimum atomic E-state index is -0.192. The summed E-state index contributed by atoms with van der Waals surface area (Å²) in [7, 11) is 0. The van der Waals surface area contributed by atoms with E-state index in [1.54, 1.807) is 6.08 Å². The van der Waals surface area contributed by atoms with Gasteiger partial charge in [0.1, 0.15) is 0 Å². The fraction of sp³-hybridized carbons (Fsp3) is 0.727. The maximum Gasteiger partial charge on any atom is 0.226 e. The van der Waals surface area contributed by atoms with Crippen molar-refractivity contribution in [2.24, 2.45) is 5.41 Å². The van der Waals surface area contributed by atoms with Gasteiger partial charge in [0.2, 0.25) is 5.91 Å². The summed E-state index contributed by atoms with van der Waals surface area (Å²) in [4.78, 5) is 11.9. The number of hydrogen-bond acceptors (Lipinski definition) is 2. The summed E-state index contributed by atoms with van der Waals surface area (Å²) in [5, 5.41) is 6.22. The molecule has 1 aliphatic rings. The summed E-state index contributed by atoms with van der Waals surface area (Å²) in [6, 6.07) is 0.0641. The number of carbonyl (C=O) groups excluding carboxylic acids is 1. The van der Waals surface area contributed by atoms with Gasteiger partial charge in [-0.15, -0.1) is 6.58 Å². The highest BCUT2D eigenvalue weighted by molar-refractivity contribution is 5.82. The van der Waals surface area contributed by atoms with Gasteiger partial charge in [-0.1, -0.05) is 13.0 Å². The minimum Gasteiger partial charge on any atom is -0.350 e. The molecule has 2 N–H and O–H groups in total. The molecule has 1 saturated heterocycles. The normalized spacial score (nSPS) is 22.4. The molecule has 1 unspecified atom stereocenters. The van der Waals surface area contributed by atoms with Gasteiger partial charge >= 0.3 is 0 Å². The Morgan fingerprint density at radius 1 is 1.57 bits per heavy atom. The Balaban J connectivity index is 2.53. The zero-order valence-electron chi connectivity index (χ0n) is 9.10. The summed E-state index contributed by atoms with van der Waals surface area (Å²) in [6.07, 6.45) is 3.59. The SMILES string of the molecule is C=CC(C)NC(=O)C1(C)CCNCC1. The predicted molar refractivity (Wildman–Crippen MR) is 58.0 cm³/mol. The second kappa shape index (κ2) is 4.60. The van der Waals surface area contributed by atoms with Crippen LogP contribution in [0.1, 0.15) is 26.7 Å². The molecule has 0 bridgehead atoms. The lowest BCUT2D eigenvalue weighted by Crippen LogP contribution is -2.47. The van der Waals surface area contributed by atoms with E-state index in [4.69, 9.17) is 0 Å². The molecule has 1 atom stereocenters. The van der Waals surface area contributed by atoms with Gasteiger partial charge in [-0.3, -0.25) is 4.79 Å². The first-order valence-corrected chi connectivity index (χ1v) is 5.23. The average Bonchev–Trinajstić information content (AvgIpc) is 2.18. The highest BCUT2D eigenvalue weighted by atomic mass is 16.2. The van der Waals surface area contributed by atoms with Crippen LogP contribution in [0.3, 0.4) is 0 Å². The Hall–Kier alpha value is -0.830. The van der Waals surface area contributed by atoms with Crippen molar-refractivity contribution in [3.8, 4) is 0 Å². The summed E-state index contributed by atoms with van der Waals surface area (Å²) < 4.78 is 0. The minimum absolute atomic E-state index is 0.0641. The Kier molecular flexibility index (Phi) is 3.69. The van der Waals surface area contributed by atoms with Crippen LogP contribution in [0, 0.1) is 5.41 Å². The molecule has 0 spiro atoms. The van der Waals surface area contributed by atoms with E-state index in [0.717, 1.165) is 25.9 Å². The molecular weight excluding hydrogens is 176 g/mol. The van der Waals surface area contributed by atoms with E-state index in [-0.39, 0.29) is 17.4 Å². The Labute approximate surface area is 86.0 Å². The molecule has 0 radical (unpaired) electrons. The molecule has 0 aromatic heterocycles. The first-order valence-electron chi connectivity index (χ1n) is 5.23. The van der Waals surface area contributed by atoms with Crippen molar-refractivity contribution < 1.29 is 4.79 Å². The third-order valence-corrected chi connectivity index (χ3v) is 2.97. The largest absolute Gasteiger partial charge is 0.350 e. The molecule has 0 aromatic rings. The van der Waals surface area contributed by atoms with Gasteiger partial charge in [-0.25, -0.2) is 0 Å². The van der Waals surface area contributed by atoms with Gasteiger partial charge in [-0.2, -0.15) is 0 Å². The average molecular weight is 196 g/mol. The van der Waals surface area contributed by atoms with Crippen molar-refractivity contribution in [1.29, 1.82) is 0 Å². The van der Waals surface area contributed by atoms with Crippen LogP contribution in [0.4, 0.5) is 0 Å². The second-order valence-corrected chi connectivity index (χ2v) is 4.31. The van der Waals surface area contributed by atoms with Crippen LogP contribution in [0.15, 0.2) is 12.7 Å². The van der Waals surface area contributed by atoms with E-state index < -0.39 is 0 Å². The van der Waals surface area contributed by atoms with E-state index in [1.807, 2.05) is 13.8 Å². The third-order valence-electron chi connectivity index (χ3n) is 2.97. The lowest BCUT2D eigenvalue weighted by molar-refractivity contribution is -0.131. The number of piperidine rings is 1. The lowest BCUT2D eigenvalue weighted by Gasteiger charge is -2.33. The van der Waals surface area contributed by atoms with Gasteiger partial charge in [-0.05, 0) is 32.9 Å². The maximum atomic E-state index is 11.9. The van der Waals surface area contributed by atoms with Crippen LogP contribution in [0.2, 0.25) is 0 Å². The van der Waals surface area contributed by atoms with Crippen molar-refractivity contribution in [3.05, 3.63) is 12.7 Å². The van der Waals surface area contributed by atoms with E-state index in [1.165, 1.54) is 0 Å². The summed E-state index contributed by atoms with van der Waals surface area (Å²) >= 11 is 0. The number of nitrogens with one attached hydrogen (secondary N) is 2. The predicted octanol–water partition coefficient (Wildman–Crippen LogP) is 1.07. The summed E-state index contributed by atoms with van der Waals surface area (Å²) in [5.74, 6) is 0.159. The van der Waals surface area contributed by atoms with Gasteiger partial charge in [0.25, 0.3) is 0 Å². The van der Waals surface area contributed by atoms with Gasteiger partial charge < -0.3 is 10.6 Å². The lowest BCUT2D eigenvalue weighted by atomic mass is 9.80. The molecule has 80 valence electrons. The molecule has 14 heavy (non-hydrogen) atoms. The van der Waals surface area contributed by atoms with Gasteiger partial charge in [0.05, 0.1) is 0 Å². The van der Waals surface area contributed by atoms with E-state index in [2.05, 4.69) is 17.2 Å². The van der Waals surface area contributed by atoms with Crippen LogP contribution in [0.5, 0.6) is 0 Å². The highest BCUT2D eigenvalue weighted by Gasteiger charge is 2.34. The molecule has 1 amide bonds. The van der Waals surface area contributed by atoms with Crippen molar-refractivity contribution in [1.82, 2.24) is 10.6 Å². The smallest absolute Gasteiger partial charge is 0.226 e. The van der Waals surface area contributed by atoms with Crippen LogP contribution < -0.4 is 10.6 Å². The number of hydrogen-bond donors (Lipinski definition) is 2. The van der Waals surface area contributed by atoms with E-state index in [9.17, 15) is 4.79 Å². The zero-order chi connectivity index (χ0) is 10.6. The fourth-order valence-electron chi connectivity index (χ4n) is 1.65. The van der Waals surface area contributed by atoms with Crippen LogP contribution >= 0.6 is 0 Å². The molecule has 0 aromatic carbocycles. The zero-order valence-corrected chi connectivity index (χ0v) is 9.10. The topological polar surface area (TPSA) is 41.1 Å². The number of amides is 1. The number of carbonyl (C=O) groups is 1. The van der Waals surface area contributed by atoms with Crippen molar-refractivity contribution in [3.63, 3.8) is 0 Å². The van der Waals surface area contributed by atoms with Crippen molar-refractivity contribution >= 4 is 5.91 Å². The summed E-state index contributed by atoms with van der Waals surface area (Å²) in [6.45, 7) is 9.51. The van der Waals surface area contributed by atoms with Crippen molar-refractivity contribution in [2.45, 2.75) is 32.7 Å². The van der Waals surface area contributed by atoms with E-state index >= 15 is 0 Å². The van der Waals surface area contributed by atoms with Crippen molar-refractivity contribution in [2.75, 3.05) is 13.1 Å². The molecule has 3 heteroatoms. The number of rotatable bonds is 3. The van der Waals surface area contributed by atoms with E-state index in [0.29, 0.717) is 0 Å². The standard InChI is InChI=1S/C11H20N2O/c1-4-9(2)13-10(14)11(3)5-7-12-8-6-11/h4,9,12H,1,5-8H2,2-3H3,(H,13,14). The molecule has 1 aliphatic heterocycles. The van der Waals surface area contributed by atoms with Gasteiger partial charge in [0, 0.05) is 11.5 Å². The molecular formula is C11H20N2O. The highest BCUT2D eigenvalue weighted by Crippen LogP contribution is 2.27. The van der Waals surface area contributed by atoms with Crippen LogP contribution in [-0.2, 0) is 4.79 Å². The molecule has 1 rings (SSSR count). The van der Waals surface area contributed by atoms with Crippen LogP contribution in [0.25, 0.3) is 0 Å². The summed E-state index contributed by atoms with van der Waals surface area (Å²) in [5.41, 5.74) is -0.192. The first-order chi connectivity index (χ1) is 6.58. The fourth-order valence-corrected chi connectivity index (χ4v) is 1.65. The molecule has 0 saturated carbocycles. The third kappa shape index (κ3) is 2.58. The molecule has 3 nitrogen and oxygen atoms in total. The second-order valence-electron chi connectivity index (χ2n) is 4.31. The maximum absolute atomic E-state index is 11.9. The quantitative estimate of drug-likeness (QED) is 0.663. The Morgan fingerprint density at radius 2 is 2.14 bits per heavy atom. The Bertz CT molecular complexity index is 219.